The van der Waals surface area contributed by atoms with Crippen LogP contribution < -0.4 is 0 Å². The van der Waals surface area contributed by atoms with E-state index in [0.29, 0.717) is 0 Å². The molecule has 23 heavy (non-hydrogen) atoms. The fourth-order valence-electron chi connectivity index (χ4n) is 2.53. The molecule has 0 radical (unpaired) electrons. The van der Waals surface area contributed by atoms with E-state index < -0.39 is 0 Å². The lowest BCUT2D eigenvalue weighted by atomic mass is 10.1. The Balaban J connectivity index is 0. The summed E-state index contributed by atoms with van der Waals surface area (Å²) >= 11 is 0. The molecule has 0 N–H and O–H groups in total. The maximum atomic E-state index is 5.07. The highest BCUT2D eigenvalue weighted by Gasteiger charge is 2.03. The van der Waals surface area contributed by atoms with E-state index in [9.17, 15) is 0 Å². The molecule has 0 aliphatic heterocycles. The van der Waals surface area contributed by atoms with Crippen molar-refractivity contribution in [3.05, 3.63) is 0 Å². The average Bonchev–Trinajstić information content (AvgIpc) is 2.58. The Morgan fingerprint density at radius 3 is 1.52 bits per heavy atom. The van der Waals surface area contributed by atoms with E-state index in [0.717, 1.165) is 6.61 Å². The maximum Gasteiger partial charge on any atom is 0.0462 e. The minimum atomic E-state index is 0.930. The van der Waals surface area contributed by atoms with Crippen LogP contribution >= 0.6 is 0 Å². The molecule has 0 amide bonds. The van der Waals surface area contributed by atoms with Crippen molar-refractivity contribution in [2.75, 3.05) is 33.4 Å². The Morgan fingerprint density at radius 2 is 1.04 bits per heavy atom. The number of ether oxygens (including phenoxy) is 1. The zero-order valence-electron chi connectivity index (χ0n) is 17.2. The molecule has 0 bridgehead atoms. The first-order chi connectivity index (χ1) is 11.3. The molecule has 0 aliphatic carbocycles. The first-order valence-electron chi connectivity index (χ1n) is 10.5. The van der Waals surface area contributed by atoms with Crippen LogP contribution in [0.2, 0.25) is 0 Å². The first-order valence-corrected chi connectivity index (χ1v) is 10.5. The number of methoxy groups -OCH3 is 1. The van der Waals surface area contributed by atoms with Gasteiger partial charge in [-0.15, -0.1) is 0 Å². The predicted molar refractivity (Wildman–Crippen MR) is 106 cm³/mol. The standard InChI is InChI=1S/C17H37NO.C4H10/c1-4-6-7-11-15-18(14-5-2)16-12-9-8-10-13-17-19-3;1-3-4-2/h4-17H2,1-3H3;3-4H2,1-2H3. The molecule has 0 aliphatic rings. The molecule has 0 saturated heterocycles. The van der Waals surface area contributed by atoms with Crippen molar-refractivity contribution >= 4 is 0 Å². The summed E-state index contributed by atoms with van der Waals surface area (Å²) in [6, 6.07) is 0. The van der Waals surface area contributed by atoms with Gasteiger partial charge in [0.15, 0.2) is 0 Å². The number of unbranched alkanes of at least 4 members (excludes halogenated alkanes) is 8. The number of hydrogen-bond donors (Lipinski definition) is 0. The quantitative estimate of drug-likeness (QED) is 0.293. The van der Waals surface area contributed by atoms with Crippen molar-refractivity contribution in [2.24, 2.45) is 0 Å². The van der Waals surface area contributed by atoms with Crippen molar-refractivity contribution < 1.29 is 4.74 Å². The molecule has 0 aromatic carbocycles. The second kappa shape index (κ2) is 24.2. The highest BCUT2D eigenvalue weighted by molar-refractivity contribution is 4.58. The van der Waals surface area contributed by atoms with E-state index >= 15 is 0 Å². The summed E-state index contributed by atoms with van der Waals surface area (Å²) in [6.07, 6.45) is 16.2. The van der Waals surface area contributed by atoms with Gasteiger partial charge in [-0.2, -0.15) is 0 Å². The molecule has 2 heteroatoms. The lowest BCUT2D eigenvalue weighted by Gasteiger charge is -2.21. The van der Waals surface area contributed by atoms with Crippen LogP contribution in [0.3, 0.4) is 0 Å². The minimum Gasteiger partial charge on any atom is -0.385 e. The van der Waals surface area contributed by atoms with Crippen molar-refractivity contribution in [2.45, 2.75) is 105 Å². The van der Waals surface area contributed by atoms with E-state index in [4.69, 9.17) is 4.74 Å². The summed E-state index contributed by atoms with van der Waals surface area (Å²) in [5.74, 6) is 0. The van der Waals surface area contributed by atoms with E-state index in [-0.39, 0.29) is 0 Å². The van der Waals surface area contributed by atoms with E-state index in [2.05, 4.69) is 32.6 Å². The molecule has 0 aromatic rings. The normalized spacial score (nSPS) is 10.7. The van der Waals surface area contributed by atoms with Gasteiger partial charge >= 0.3 is 0 Å². The van der Waals surface area contributed by atoms with Crippen LogP contribution in [0.4, 0.5) is 0 Å². The average molecular weight is 330 g/mol. The molecule has 0 heterocycles. The smallest absolute Gasteiger partial charge is 0.0462 e. The highest BCUT2D eigenvalue weighted by Crippen LogP contribution is 2.07. The molecule has 0 fully saturated rings. The molecule has 0 saturated carbocycles. The summed E-state index contributed by atoms with van der Waals surface area (Å²) < 4.78 is 5.07. The lowest BCUT2D eigenvalue weighted by Crippen LogP contribution is -2.27. The predicted octanol–water partition coefficient (Wildman–Crippen LogP) is 6.68. The summed E-state index contributed by atoms with van der Waals surface area (Å²) in [6.45, 7) is 13.8. The Bertz CT molecular complexity index is 183. The van der Waals surface area contributed by atoms with Crippen LogP contribution in [0, 0.1) is 0 Å². The Labute approximate surface area is 148 Å². The SMILES string of the molecule is CCCC.CCCCCCN(CCC)CCCCCCCOC. The van der Waals surface area contributed by atoms with Crippen LogP contribution in [0.25, 0.3) is 0 Å². The van der Waals surface area contributed by atoms with Crippen LogP contribution in [0.15, 0.2) is 0 Å². The van der Waals surface area contributed by atoms with Crippen LogP contribution in [0.1, 0.15) is 105 Å². The van der Waals surface area contributed by atoms with Crippen molar-refractivity contribution in [3.8, 4) is 0 Å². The number of nitrogens with zero attached hydrogens (tertiary/aromatic N) is 1. The fraction of sp³-hybridized carbons (Fsp3) is 1.00. The molecular weight excluding hydrogens is 282 g/mol. The Hall–Kier alpha value is -0.0800. The van der Waals surface area contributed by atoms with Gasteiger partial charge in [-0.1, -0.05) is 79.1 Å². The summed E-state index contributed by atoms with van der Waals surface area (Å²) in [5.41, 5.74) is 0. The molecule has 142 valence electrons. The maximum absolute atomic E-state index is 5.07. The van der Waals surface area contributed by atoms with Gasteiger partial charge in [0.2, 0.25) is 0 Å². The Kier molecular flexibility index (Phi) is 26.5. The van der Waals surface area contributed by atoms with E-state index in [1.54, 1.807) is 7.11 Å². The van der Waals surface area contributed by atoms with Gasteiger partial charge in [0.1, 0.15) is 0 Å². The zero-order chi connectivity index (χ0) is 17.6. The summed E-state index contributed by atoms with van der Waals surface area (Å²) in [5, 5.41) is 0. The molecular formula is C21H47NO. The monoisotopic (exact) mass is 329 g/mol. The molecule has 2 nitrogen and oxygen atoms in total. The first kappa shape index (κ1) is 25.2. The van der Waals surface area contributed by atoms with Gasteiger partial charge in [0.25, 0.3) is 0 Å². The third-order valence-corrected chi connectivity index (χ3v) is 4.19. The third kappa shape index (κ3) is 24.3. The Morgan fingerprint density at radius 1 is 0.522 bits per heavy atom. The van der Waals surface area contributed by atoms with Gasteiger partial charge < -0.3 is 9.64 Å². The minimum absolute atomic E-state index is 0.930. The highest BCUT2D eigenvalue weighted by atomic mass is 16.5. The second-order valence-corrected chi connectivity index (χ2v) is 6.66. The molecule has 0 atom stereocenters. The third-order valence-electron chi connectivity index (χ3n) is 4.19. The molecule has 0 rings (SSSR count). The summed E-state index contributed by atoms with van der Waals surface area (Å²) in [4.78, 5) is 2.67. The second-order valence-electron chi connectivity index (χ2n) is 6.66. The van der Waals surface area contributed by atoms with Crippen molar-refractivity contribution in [1.82, 2.24) is 4.90 Å². The topological polar surface area (TPSA) is 12.5 Å². The molecule has 0 spiro atoms. The number of rotatable bonds is 16. The van der Waals surface area contributed by atoms with E-state index in [1.165, 1.54) is 96.7 Å². The van der Waals surface area contributed by atoms with Gasteiger partial charge in [0, 0.05) is 13.7 Å². The van der Waals surface area contributed by atoms with Gasteiger partial charge in [-0.05, 0) is 45.3 Å². The van der Waals surface area contributed by atoms with Gasteiger partial charge in [0.05, 0.1) is 0 Å². The molecule has 0 aromatic heterocycles. The number of hydrogen-bond acceptors (Lipinski definition) is 2. The van der Waals surface area contributed by atoms with Crippen LogP contribution in [-0.4, -0.2) is 38.3 Å². The van der Waals surface area contributed by atoms with E-state index in [1.807, 2.05) is 0 Å². The van der Waals surface area contributed by atoms with Crippen LogP contribution in [0.5, 0.6) is 0 Å². The van der Waals surface area contributed by atoms with Crippen LogP contribution in [-0.2, 0) is 4.74 Å². The zero-order valence-corrected chi connectivity index (χ0v) is 17.2. The van der Waals surface area contributed by atoms with Crippen molar-refractivity contribution in [1.29, 1.82) is 0 Å². The van der Waals surface area contributed by atoms with Gasteiger partial charge in [-0.3, -0.25) is 0 Å². The summed E-state index contributed by atoms with van der Waals surface area (Å²) in [7, 11) is 1.79. The fourth-order valence-corrected chi connectivity index (χ4v) is 2.53. The van der Waals surface area contributed by atoms with Crippen molar-refractivity contribution in [3.63, 3.8) is 0 Å². The lowest BCUT2D eigenvalue weighted by molar-refractivity contribution is 0.191. The van der Waals surface area contributed by atoms with Gasteiger partial charge in [-0.25, -0.2) is 0 Å². The molecule has 0 unspecified atom stereocenters. The largest absolute Gasteiger partial charge is 0.385 e.